The van der Waals surface area contributed by atoms with E-state index in [9.17, 15) is 4.79 Å². The van der Waals surface area contributed by atoms with Crippen LogP contribution >= 0.6 is 12.4 Å². The van der Waals surface area contributed by atoms with Crippen LogP contribution < -0.4 is 5.32 Å². The smallest absolute Gasteiger partial charge is 0.311 e. The number of fused-ring (bicyclic) bond motifs is 1. The first-order chi connectivity index (χ1) is 13.7. The number of carbonyl (C=O) groups is 1. The van der Waals surface area contributed by atoms with E-state index in [1.54, 1.807) is 0 Å². The second-order valence-electron chi connectivity index (χ2n) is 6.41. The molecule has 0 aliphatic heterocycles. The molecule has 0 spiro atoms. The maximum Gasteiger partial charge on any atom is 0.311 e. The first kappa shape index (κ1) is 20.3. The largest absolute Gasteiger partial charge is 0.481 e. The second-order valence-corrected chi connectivity index (χ2v) is 6.41. The van der Waals surface area contributed by atoms with E-state index in [0.717, 1.165) is 0 Å². The number of hydrogen-bond acceptors (Lipinski definition) is 5. The van der Waals surface area contributed by atoms with Crippen LogP contribution in [0.3, 0.4) is 0 Å². The Morgan fingerprint density at radius 2 is 1.62 bits per heavy atom. The summed E-state index contributed by atoms with van der Waals surface area (Å²) in [6, 6.07) is 20.5. The molecule has 0 unspecified atom stereocenters. The zero-order chi connectivity index (χ0) is 19.3. The van der Waals surface area contributed by atoms with Crippen molar-refractivity contribution in [1.29, 1.82) is 0 Å². The quantitative estimate of drug-likeness (QED) is 0.430. The summed E-state index contributed by atoms with van der Waals surface area (Å²) in [6.45, 7) is 0.589. The summed E-state index contributed by atoms with van der Waals surface area (Å²) >= 11 is 0. The Kier molecular flexibility index (Phi) is 6.41. The lowest BCUT2D eigenvalue weighted by molar-refractivity contribution is -0.136. The van der Waals surface area contributed by atoms with E-state index in [0.29, 0.717) is 23.5 Å². The van der Waals surface area contributed by atoms with Gasteiger partial charge in [0.1, 0.15) is 17.8 Å². The van der Waals surface area contributed by atoms with Crippen LogP contribution in [0.4, 0.5) is 5.82 Å². The van der Waals surface area contributed by atoms with E-state index in [1.165, 1.54) is 17.5 Å². The molecule has 2 aromatic carbocycles. The number of H-pyrrole nitrogens is 1. The Hall–Kier alpha value is -3.45. The number of imidazole rings is 1. The van der Waals surface area contributed by atoms with Gasteiger partial charge in [-0.3, -0.25) is 4.79 Å². The van der Waals surface area contributed by atoms with E-state index in [2.05, 4.69) is 49.5 Å². The number of nitrogens with zero attached hydrogens (tertiary/aromatic N) is 3. The maximum atomic E-state index is 11.1. The number of hydrogen-bond donors (Lipinski definition) is 3. The van der Waals surface area contributed by atoms with Crippen LogP contribution in [0.2, 0.25) is 0 Å². The highest BCUT2D eigenvalue weighted by molar-refractivity contribution is 5.85. The van der Waals surface area contributed by atoms with Crippen LogP contribution in [0.15, 0.2) is 67.0 Å². The third-order valence-corrected chi connectivity index (χ3v) is 4.52. The molecule has 0 atom stereocenters. The fourth-order valence-electron chi connectivity index (χ4n) is 3.22. The molecule has 2 aromatic heterocycles. The number of rotatable bonds is 7. The van der Waals surface area contributed by atoms with Gasteiger partial charge in [0, 0.05) is 12.5 Å². The minimum atomic E-state index is -0.979. The normalized spacial score (nSPS) is 10.7. The van der Waals surface area contributed by atoms with Gasteiger partial charge in [0.15, 0.2) is 11.5 Å². The van der Waals surface area contributed by atoms with Crippen LogP contribution in [0.5, 0.6) is 0 Å². The molecule has 0 amide bonds. The van der Waals surface area contributed by atoms with Crippen molar-refractivity contribution in [2.24, 2.45) is 0 Å². The molecule has 8 heteroatoms. The number of benzene rings is 2. The summed E-state index contributed by atoms with van der Waals surface area (Å²) in [5.41, 5.74) is 3.47. The summed E-state index contributed by atoms with van der Waals surface area (Å²) < 4.78 is 0. The van der Waals surface area contributed by atoms with Gasteiger partial charge < -0.3 is 15.4 Å². The molecule has 0 bridgehead atoms. The van der Waals surface area contributed by atoms with Gasteiger partial charge in [-0.15, -0.1) is 12.4 Å². The first-order valence-electron chi connectivity index (χ1n) is 8.96. The van der Waals surface area contributed by atoms with Gasteiger partial charge in [0.25, 0.3) is 0 Å². The van der Waals surface area contributed by atoms with Gasteiger partial charge >= 0.3 is 5.97 Å². The predicted octanol–water partition coefficient (Wildman–Crippen LogP) is 3.65. The Labute approximate surface area is 173 Å². The minimum absolute atomic E-state index is 0. The molecule has 2 heterocycles. The van der Waals surface area contributed by atoms with E-state index in [-0.39, 0.29) is 30.6 Å². The number of aromatic amines is 1. The van der Waals surface area contributed by atoms with E-state index >= 15 is 0 Å². The van der Waals surface area contributed by atoms with Gasteiger partial charge in [-0.1, -0.05) is 60.7 Å². The van der Waals surface area contributed by atoms with Crippen LogP contribution in [0, 0.1) is 0 Å². The number of carboxylic acid groups (broad SMARTS) is 1. The first-order valence-corrected chi connectivity index (χ1v) is 8.96. The van der Waals surface area contributed by atoms with Crippen molar-refractivity contribution >= 4 is 35.4 Å². The molecule has 7 nitrogen and oxygen atoms in total. The summed E-state index contributed by atoms with van der Waals surface area (Å²) in [6.07, 6.45) is 1.28. The monoisotopic (exact) mass is 409 g/mol. The third-order valence-electron chi connectivity index (χ3n) is 4.52. The fourth-order valence-corrected chi connectivity index (χ4v) is 3.22. The lowest BCUT2D eigenvalue weighted by Gasteiger charge is -2.19. The lowest BCUT2D eigenvalue weighted by Crippen LogP contribution is -2.16. The van der Waals surface area contributed by atoms with E-state index in [1.807, 2.05) is 36.4 Å². The molecule has 0 fully saturated rings. The lowest BCUT2D eigenvalue weighted by atomic mass is 9.91. The van der Waals surface area contributed by atoms with Crippen molar-refractivity contribution in [1.82, 2.24) is 19.9 Å². The van der Waals surface area contributed by atoms with Crippen molar-refractivity contribution < 1.29 is 9.90 Å². The van der Waals surface area contributed by atoms with Gasteiger partial charge in [-0.25, -0.2) is 15.0 Å². The molecule has 0 saturated carbocycles. The average Bonchev–Trinajstić information content (AvgIpc) is 3.18. The van der Waals surface area contributed by atoms with Crippen molar-refractivity contribution in [3.8, 4) is 0 Å². The highest BCUT2D eigenvalue weighted by Crippen LogP contribution is 2.26. The maximum absolute atomic E-state index is 11.1. The number of carboxylic acids is 1. The van der Waals surface area contributed by atoms with E-state index < -0.39 is 5.97 Å². The molecule has 29 heavy (non-hydrogen) atoms. The topological polar surface area (TPSA) is 104 Å². The van der Waals surface area contributed by atoms with Crippen LogP contribution in [-0.2, 0) is 11.2 Å². The number of halogens is 1. The zero-order valence-electron chi connectivity index (χ0n) is 15.4. The van der Waals surface area contributed by atoms with Crippen molar-refractivity contribution in [3.05, 3.63) is 83.9 Å². The molecule has 4 aromatic rings. The minimum Gasteiger partial charge on any atom is -0.481 e. The Morgan fingerprint density at radius 3 is 2.21 bits per heavy atom. The number of aliphatic carboxylic acids is 1. The summed E-state index contributed by atoms with van der Waals surface area (Å²) in [4.78, 5) is 26.8. The molecule has 0 aliphatic carbocycles. The summed E-state index contributed by atoms with van der Waals surface area (Å²) in [5.74, 6) is -0.0910. The third kappa shape index (κ3) is 4.70. The molecule has 0 radical (unpaired) electrons. The molecule has 0 aliphatic rings. The zero-order valence-corrected chi connectivity index (χ0v) is 16.3. The van der Waals surface area contributed by atoms with Crippen LogP contribution in [-0.4, -0.2) is 37.6 Å². The van der Waals surface area contributed by atoms with Gasteiger partial charge in [-0.05, 0) is 11.1 Å². The molecule has 4 rings (SSSR count). The van der Waals surface area contributed by atoms with Crippen LogP contribution in [0.25, 0.3) is 11.2 Å². The van der Waals surface area contributed by atoms with Crippen molar-refractivity contribution in [3.63, 3.8) is 0 Å². The molecule has 0 saturated heterocycles. The summed E-state index contributed by atoms with van der Waals surface area (Å²) in [5, 5.41) is 12.4. The second kappa shape index (κ2) is 9.16. The Morgan fingerprint density at radius 1 is 1.00 bits per heavy atom. The molecular formula is C21H20ClN5O2. The van der Waals surface area contributed by atoms with E-state index in [4.69, 9.17) is 5.11 Å². The van der Waals surface area contributed by atoms with Crippen molar-refractivity contribution in [2.75, 3.05) is 11.9 Å². The standard InChI is InChI=1S/C21H19N5O2.ClH/c27-18(28)11-17-25-20(19-21(26-17)24-13-23-19)22-12-16(14-7-3-1-4-8-14)15-9-5-2-6-10-15;/h1-10,13,16H,11-12H2,(H,27,28)(H2,22,23,24,25,26);1H. The van der Waals surface area contributed by atoms with Crippen molar-refractivity contribution in [2.45, 2.75) is 12.3 Å². The Balaban J connectivity index is 0.00000240. The predicted molar refractivity (Wildman–Crippen MR) is 113 cm³/mol. The number of nitrogens with one attached hydrogen (secondary N) is 2. The number of aromatic nitrogens is 4. The van der Waals surface area contributed by atoms with Gasteiger partial charge in [0.05, 0.1) is 6.33 Å². The van der Waals surface area contributed by atoms with Gasteiger partial charge in [0.2, 0.25) is 0 Å². The molecule has 3 N–H and O–H groups in total. The fraction of sp³-hybridized carbons (Fsp3) is 0.143. The van der Waals surface area contributed by atoms with Gasteiger partial charge in [-0.2, -0.15) is 0 Å². The van der Waals surface area contributed by atoms with Crippen LogP contribution in [0.1, 0.15) is 22.9 Å². The summed E-state index contributed by atoms with van der Waals surface area (Å²) in [7, 11) is 0. The number of anilines is 1. The molecule has 148 valence electrons. The highest BCUT2D eigenvalue weighted by Gasteiger charge is 2.17. The SMILES string of the molecule is Cl.O=C(O)Cc1nc(NCC(c2ccccc2)c2ccccc2)c2[nH]cnc2n1. The average molecular weight is 410 g/mol. The molecular weight excluding hydrogens is 390 g/mol. The Bertz CT molecular complexity index is 1050. The highest BCUT2D eigenvalue weighted by atomic mass is 35.5.